The van der Waals surface area contributed by atoms with Gasteiger partial charge in [0, 0.05) is 28.4 Å². The summed E-state index contributed by atoms with van der Waals surface area (Å²) in [6, 6.07) is 0. The summed E-state index contributed by atoms with van der Waals surface area (Å²) in [6.07, 6.45) is -0.875. The molecule has 0 saturated carbocycles. The Kier molecular flexibility index (Phi) is 4.77. The first-order chi connectivity index (χ1) is 6.78. The zero-order valence-electron chi connectivity index (χ0n) is 9.06. The highest BCUT2D eigenvalue weighted by molar-refractivity contribution is 4.88. The molecular formula is C9H18O5. The van der Waals surface area contributed by atoms with E-state index in [1.807, 2.05) is 0 Å². The van der Waals surface area contributed by atoms with Gasteiger partial charge in [-0.1, -0.05) is 0 Å². The predicted octanol–water partition coefficient (Wildman–Crippen LogP) is 0.0341. The van der Waals surface area contributed by atoms with Gasteiger partial charge in [0.05, 0.1) is 6.61 Å². The number of rotatable bonds is 5. The maximum atomic E-state index is 5.56. The molecule has 0 aliphatic carbocycles. The summed E-state index contributed by atoms with van der Waals surface area (Å²) < 4.78 is 26.3. The van der Waals surface area contributed by atoms with Crippen LogP contribution in [0.2, 0.25) is 0 Å². The molecule has 1 rings (SSSR count). The van der Waals surface area contributed by atoms with Crippen LogP contribution >= 0.6 is 0 Å². The molecule has 1 fully saturated rings. The van der Waals surface area contributed by atoms with Crippen LogP contribution in [0.25, 0.3) is 0 Å². The van der Waals surface area contributed by atoms with Crippen molar-refractivity contribution in [3.63, 3.8) is 0 Å². The van der Waals surface area contributed by atoms with E-state index in [0.717, 1.165) is 0 Å². The van der Waals surface area contributed by atoms with E-state index >= 15 is 0 Å². The van der Waals surface area contributed by atoms with Crippen LogP contribution in [-0.4, -0.2) is 59.6 Å². The summed E-state index contributed by atoms with van der Waals surface area (Å²) in [7, 11) is 6.44. The van der Waals surface area contributed by atoms with Crippen molar-refractivity contribution in [3.05, 3.63) is 0 Å². The molecule has 4 atom stereocenters. The SMILES string of the molecule is COCC1OC(OC)C(OC)C1OC. The van der Waals surface area contributed by atoms with Gasteiger partial charge in [0.25, 0.3) is 0 Å². The lowest BCUT2D eigenvalue weighted by atomic mass is 10.1. The van der Waals surface area contributed by atoms with Crippen LogP contribution in [0.4, 0.5) is 0 Å². The third-order valence-electron chi connectivity index (χ3n) is 2.37. The number of methoxy groups -OCH3 is 4. The van der Waals surface area contributed by atoms with Crippen molar-refractivity contribution in [2.75, 3.05) is 35.0 Å². The highest BCUT2D eigenvalue weighted by Crippen LogP contribution is 2.26. The van der Waals surface area contributed by atoms with E-state index < -0.39 is 0 Å². The molecule has 1 saturated heterocycles. The average molecular weight is 206 g/mol. The van der Waals surface area contributed by atoms with Gasteiger partial charge in [-0.05, 0) is 0 Å². The maximum Gasteiger partial charge on any atom is 0.186 e. The first-order valence-electron chi connectivity index (χ1n) is 4.51. The Hall–Kier alpha value is -0.200. The van der Waals surface area contributed by atoms with E-state index in [2.05, 4.69) is 0 Å². The van der Waals surface area contributed by atoms with E-state index in [9.17, 15) is 0 Å². The molecular weight excluding hydrogens is 188 g/mol. The molecule has 14 heavy (non-hydrogen) atoms. The summed E-state index contributed by atoms with van der Waals surface area (Å²) >= 11 is 0. The van der Waals surface area contributed by atoms with Gasteiger partial charge in [0.2, 0.25) is 0 Å². The van der Waals surface area contributed by atoms with E-state index in [4.69, 9.17) is 23.7 Å². The molecule has 5 heteroatoms. The van der Waals surface area contributed by atoms with Crippen LogP contribution < -0.4 is 0 Å². The van der Waals surface area contributed by atoms with Crippen molar-refractivity contribution in [3.8, 4) is 0 Å². The second-order valence-electron chi connectivity index (χ2n) is 3.13. The summed E-state index contributed by atoms with van der Waals surface area (Å²) in [6.45, 7) is 0.470. The minimum absolute atomic E-state index is 0.139. The molecule has 4 unspecified atom stereocenters. The fraction of sp³-hybridized carbons (Fsp3) is 1.00. The normalized spacial score (nSPS) is 37.7. The van der Waals surface area contributed by atoms with Crippen LogP contribution in [0, 0.1) is 0 Å². The van der Waals surface area contributed by atoms with E-state index in [1.54, 1.807) is 28.4 Å². The second-order valence-corrected chi connectivity index (χ2v) is 3.13. The van der Waals surface area contributed by atoms with Gasteiger partial charge in [-0.25, -0.2) is 0 Å². The number of ether oxygens (including phenoxy) is 5. The Morgan fingerprint density at radius 2 is 1.57 bits per heavy atom. The van der Waals surface area contributed by atoms with Gasteiger partial charge in [-0.3, -0.25) is 0 Å². The lowest BCUT2D eigenvalue weighted by molar-refractivity contribution is -0.160. The molecule has 0 amide bonds. The molecule has 1 heterocycles. The van der Waals surface area contributed by atoms with Gasteiger partial charge >= 0.3 is 0 Å². The summed E-state index contributed by atoms with van der Waals surface area (Å²) in [4.78, 5) is 0. The smallest absolute Gasteiger partial charge is 0.186 e. The van der Waals surface area contributed by atoms with E-state index in [1.165, 1.54) is 0 Å². The Morgan fingerprint density at radius 1 is 0.929 bits per heavy atom. The Labute approximate surface area is 84.2 Å². The van der Waals surface area contributed by atoms with Gasteiger partial charge in [0.15, 0.2) is 6.29 Å². The van der Waals surface area contributed by atoms with Crippen molar-refractivity contribution in [2.24, 2.45) is 0 Å². The first kappa shape index (κ1) is 11.9. The van der Waals surface area contributed by atoms with Crippen molar-refractivity contribution < 1.29 is 23.7 Å². The quantitative estimate of drug-likeness (QED) is 0.635. The fourth-order valence-electron chi connectivity index (χ4n) is 1.71. The van der Waals surface area contributed by atoms with Gasteiger partial charge in [-0.15, -0.1) is 0 Å². The van der Waals surface area contributed by atoms with Crippen molar-refractivity contribution in [1.82, 2.24) is 0 Å². The van der Waals surface area contributed by atoms with Crippen LogP contribution in [0.3, 0.4) is 0 Å². The third-order valence-corrected chi connectivity index (χ3v) is 2.37. The molecule has 0 aromatic heterocycles. The Morgan fingerprint density at radius 3 is 2.00 bits per heavy atom. The van der Waals surface area contributed by atoms with E-state index in [-0.39, 0.29) is 24.6 Å². The van der Waals surface area contributed by atoms with Crippen LogP contribution in [0.5, 0.6) is 0 Å². The lowest BCUT2D eigenvalue weighted by Gasteiger charge is -2.20. The lowest BCUT2D eigenvalue weighted by Crippen LogP contribution is -2.37. The highest BCUT2D eigenvalue weighted by atomic mass is 16.7. The molecule has 0 aromatic carbocycles. The largest absolute Gasteiger partial charge is 0.382 e. The third kappa shape index (κ3) is 2.24. The Balaban J connectivity index is 2.62. The summed E-state index contributed by atoms with van der Waals surface area (Å²) in [5.74, 6) is 0. The van der Waals surface area contributed by atoms with Crippen LogP contribution in [0.1, 0.15) is 0 Å². The summed E-state index contributed by atoms with van der Waals surface area (Å²) in [5, 5.41) is 0. The fourth-order valence-corrected chi connectivity index (χ4v) is 1.71. The minimum atomic E-state index is -0.384. The molecule has 1 aliphatic rings. The molecule has 1 aliphatic heterocycles. The summed E-state index contributed by atoms with van der Waals surface area (Å²) in [5.41, 5.74) is 0. The highest BCUT2D eigenvalue weighted by Gasteiger charge is 2.45. The van der Waals surface area contributed by atoms with Crippen LogP contribution in [-0.2, 0) is 23.7 Å². The average Bonchev–Trinajstić information content (AvgIpc) is 2.55. The van der Waals surface area contributed by atoms with Crippen molar-refractivity contribution in [1.29, 1.82) is 0 Å². The molecule has 84 valence electrons. The van der Waals surface area contributed by atoms with Gasteiger partial charge in [-0.2, -0.15) is 0 Å². The molecule has 0 bridgehead atoms. The number of hydrogen-bond donors (Lipinski definition) is 0. The zero-order chi connectivity index (χ0) is 10.6. The predicted molar refractivity (Wildman–Crippen MR) is 49.1 cm³/mol. The number of hydrogen-bond acceptors (Lipinski definition) is 5. The van der Waals surface area contributed by atoms with Gasteiger partial charge in [0.1, 0.15) is 18.3 Å². The molecule has 0 radical (unpaired) electrons. The van der Waals surface area contributed by atoms with Crippen molar-refractivity contribution >= 4 is 0 Å². The minimum Gasteiger partial charge on any atom is -0.382 e. The second kappa shape index (κ2) is 5.63. The standard InChI is InChI=1S/C9H18O5/c1-10-5-6-7(11-2)8(12-3)9(13-4)14-6/h6-9H,5H2,1-4H3. The Bertz CT molecular complexity index is 163. The molecule has 5 nitrogen and oxygen atoms in total. The first-order valence-corrected chi connectivity index (χ1v) is 4.51. The van der Waals surface area contributed by atoms with Crippen LogP contribution in [0.15, 0.2) is 0 Å². The zero-order valence-corrected chi connectivity index (χ0v) is 9.06. The van der Waals surface area contributed by atoms with Crippen molar-refractivity contribution in [2.45, 2.75) is 24.6 Å². The molecule has 0 N–H and O–H groups in total. The molecule has 0 spiro atoms. The molecule has 0 aromatic rings. The van der Waals surface area contributed by atoms with E-state index in [0.29, 0.717) is 6.61 Å². The topological polar surface area (TPSA) is 46.2 Å². The van der Waals surface area contributed by atoms with Gasteiger partial charge < -0.3 is 23.7 Å². The maximum absolute atomic E-state index is 5.56. The monoisotopic (exact) mass is 206 g/mol.